The van der Waals surface area contributed by atoms with Gasteiger partial charge in [-0.25, -0.2) is 4.68 Å². The molecule has 0 radical (unpaired) electrons. The van der Waals surface area contributed by atoms with Crippen LogP contribution in [0.3, 0.4) is 0 Å². The van der Waals surface area contributed by atoms with E-state index in [1.54, 1.807) is 10.7 Å². The van der Waals surface area contributed by atoms with Gasteiger partial charge in [0.2, 0.25) is 0 Å². The number of aryl methyl sites for hydroxylation is 2. The Morgan fingerprint density at radius 3 is 3.00 bits per heavy atom. The number of aromatic nitrogens is 3. The molecule has 1 N–H and O–H groups in total. The zero-order valence-electron chi connectivity index (χ0n) is 16.6. The first-order chi connectivity index (χ1) is 14.3. The molecule has 3 heterocycles. The summed E-state index contributed by atoms with van der Waals surface area (Å²) >= 11 is 0. The average molecular weight is 393 g/mol. The van der Waals surface area contributed by atoms with Crippen LogP contribution < -0.4 is 10.9 Å². The highest BCUT2D eigenvalue weighted by Gasteiger charge is 2.23. The highest BCUT2D eigenvalue weighted by molar-refractivity contribution is 5.74. The van der Waals surface area contributed by atoms with E-state index in [2.05, 4.69) is 20.3 Å². The fraction of sp³-hybridized carbons (Fsp3) is 0.500. The molecule has 2 aliphatic rings. The molecular weight excluding hydrogens is 366 g/mol. The molecule has 1 saturated heterocycles. The summed E-state index contributed by atoms with van der Waals surface area (Å²) in [5.41, 5.74) is 3.96. The number of nitrogens with one attached hydrogen (secondary N) is 1. The smallest absolute Gasteiger partial charge is 0.295 e. The number of nitrogens with zero attached hydrogens (tertiary/aromatic N) is 4. The molecule has 1 aromatic carbocycles. The molecule has 5 rings (SSSR count). The molecule has 0 amide bonds. The molecule has 1 unspecified atom stereocenters. The molecule has 0 spiro atoms. The number of para-hydroxylation sites is 2. The molecule has 0 saturated carbocycles. The summed E-state index contributed by atoms with van der Waals surface area (Å²) in [5.74, 6) is 0. The monoisotopic (exact) mass is 393 g/mol. The van der Waals surface area contributed by atoms with Crippen LogP contribution in [-0.4, -0.2) is 45.3 Å². The Labute approximate surface area is 169 Å². The highest BCUT2D eigenvalue weighted by atomic mass is 16.4. The number of anilines is 1. The number of piperidine rings is 1. The van der Waals surface area contributed by atoms with Crippen LogP contribution in [0.1, 0.15) is 36.9 Å². The van der Waals surface area contributed by atoms with E-state index in [0.717, 1.165) is 67.7 Å². The predicted molar refractivity (Wildman–Crippen MR) is 112 cm³/mol. The second-order valence-electron chi connectivity index (χ2n) is 8.08. The lowest BCUT2D eigenvalue weighted by atomic mass is 10.0. The number of benzene rings is 1. The summed E-state index contributed by atoms with van der Waals surface area (Å²) in [6.45, 7) is 3.33. The lowest BCUT2D eigenvalue weighted by molar-refractivity contribution is 0.147. The van der Waals surface area contributed by atoms with Crippen molar-refractivity contribution in [1.29, 1.82) is 0 Å². The van der Waals surface area contributed by atoms with Gasteiger partial charge in [-0.15, -0.1) is 0 Å². The van der Waals surface area contributed by atoms with Crippen molar-refractivity contribution in [1.82, 2.24) is 19.7 Å². The SMILES string of the molecule is O=c1cc2c(nn1CCN1CCCCC1CNc1nc3ccccc3o1)CCC2. The van der Waals surface area contributed by atoms with Crippen molar-refractivity contribution in [2.75, 3.05) is 25.0 Å². The van der Waals surface area contributed by atoms with E-state index in [1.165, 1.54) is 12.8 Å². The molecule has 2 aromatic heterocycles. The van der Waals surface area contributed by atoms with Crippen molar-refractivity contribution < 1.29 is 4.42 Å². The first kappa shape index (κ1) is 18.4. The molecular formula is C22H27N5O2. The summed E-state index contributed by atoms with van der Waals surface area (Å²) in [7, 11) is 0. The van der Waals surface area contributed by atoms with Crippen molar-refractivity contribution in [3.05, 3.63) is 51.9 Å². The minimum absolute atomic E-state index is 0.0313. The first-order valence-corrected chi connectivity index (χ1v) is 10.7. The van der Waals surface area contributed by atoms with Crippen LogP contribution in [0.25, 0.3) is 11.1 Å². The van der Waals surface area contributed by atoms with Crippen LogP contribution in [-0.2, 0) is 19.4 Å². The van der Waals surface area contributed by atoms with Gasteiger partial charge >= 0.3 is 0 Å². The molecule has 1 aliphatic carbocycles. The highest BCUT2D eigenvalue weighted by Crippen LogP contribution is 2.21. The molecule has 152 valence electrons. The van der Waals surface area contributed by atoms with Gasteiger partial charge in [0.15, 0.2) is 5.58 Å². The van der Waals surface area contributed by atoms with E-state index in [9.17, 15) is 4.79 Å². The van der Waals surface area contributed by atoms with Crippen LogP contribution >= 0.6 is 0 Å². The van der Waals surface area contributed by atoms with Gasteiger partial charge < -0.3 is 9.73 Å². The van der Waals surface area contributed by atoms with E-state index in [-0.39, 0.29) is 5.56 Å². The minimum Gasteiger partial charge on any atom is -0.424 e. The van der Waals surface area contributed by atoms with Gasteiger partial charge in [-0.05, 0) is 56.3 Å². The van der Waals surface area contributed by atoms with Crippen LogP contribution in [0.15, 0.2) is 39.5 Å². The topological polar surface area (TPSA) is 76.2 Å². The van der Waals surface area contributed by atoms with Crippen molar-refractivity contribution >= 4 is 17.1 Å². The Balaban J connectivity index is 1.22. The number of oxazole rings is 1. The zero-order valence-corrected chi connectivity index (χ0v) is 16.6. The average Bonchev–Trinajstić information content (AvgIpc) is 3.37. The molecule has 7 nitrogen and oxygen atoms in total. The lowest BCUT2D eigenvalue weighted by Gasteiger charge is -2.35. The van der Waals surface area contributed by atoms with Crippen molar-refractivity contribution in [3.8, 4) is 0 Å². The number of fused-ring (bicyclic) bond motifs is 2. The summed E-state index contributed by atoms with van der Waals surface area (Å²) in [4.78, 5) is 19.4. The number of hydrogen-bond donors (Lipinski definition) is 1. The maximum Gasteiger partial charge on any atom is 0.295 e. The maximum atomic E-state index is 12.4. The molecule has 0 bridgehead atoms. The molecule has 1 aliphatic heterocycles. The second kappa shape index (κ2) is 7.99. The van der Waals surface area contributed by atoms with Gasteiger partial charge in [0.1, 0.15) is 5.52 Å². The van der Waals surface area contributed by atoms with Gasteiger partial charge in [0, 0.05) is 25.2 Å². The summed E-state index contributed by atoms with van der Waals surface area (Å²) in [5, 5.41) is 7.99. The quantitative estimate of drug-likeness (QED) is 0.694. The van der Waals surface area contributed by atoms with Crippen molar-refractivity contribution in [3.63, 3.8) is 0 Å². The number of rotatable bonds is 6. The van der Waals surface area contributed by atoms with Crippen LogP contribution in [0.5, 0.6) is 0 Å². The molecule has 1 fully saturated rings. The van der Waals surface area contributed by atoms with E-state index < -0.39 is 0 Å². The van der Waals surface area contributed by atoms with E-state index in [4.69, 9.17) is 4.42 Å². The fourth-order valence-corrected chi connectivity index (χ4v) is 4.56. The van der Waals surface area contributed by atoms with E-state index in [0.29, 0.717) is 18.6 Å². The Bertz CT molecular complexity index is 1020. The lowest BCUT2D eigenvalue weighted by Crippen LogP contribution is -2.45. The Morgan fingerprint density at radius 1 is 1.14 bits per heavy atom. The largest absolute Gasteiger partial charge is 0.424 e. The standard InChI is InChI=1S/C22H27N5O2/c28-21-14-16-6-5-9-18(16)25-27(21)13-12-26-11-4-3-7-17(26)15-23-22-24-19-8-1-2-10-20(19)29-22/h1-2,8,10,14,17H,3-7,9,11-13,15H2,(H,23,24). The van der Waals surface area contributed by atoms with Crippen LogP contribution in [0, 0.1) is 0 Å². The fourth-order valence-electron chi connectivity index (χ4n) is 4.56. The summed E-state index contributed by atoms with van der Waals surface area (Å²) < 4.78 is 7.44. The molecule has 1 atom stereocenters. The van der Waals surface area contributed by atoms with Gasteiger partial charge in [-0.2, -0.15) is 10.1 Å². The normalized spacial score (nSPS) is 19.5. The van der Waals surface area contributed by atoms with Crippen LogP contribution in [0.4, 0.5) is 6.01 Å². The van der Waals surface area contributed by atoms with E-state index >= 15 is 0 Å². The van der Waals surface area contributed by atoms with Crippen molar-refractivity contribution in [2.45, 2.75) is 51.1 Å². The Morgan fingerprint density at radius 2 is 2.07 bits per heavy atom. The van der Waals surface area contributed by atoms with Gasteiger partial charge in [0.25, 0.3) is 11.6 Å². The third kappa shape index (κ3) is 3.92. The van der Waals surface area contributed by atoms with Gasteiger partial charge in [-0.3, -0.25) is 9.69 Å². The molecule has 7 heteroatoms. The third-order valence-electron chi connectivity index (χ3n) is 6.15. The first-order valence-electron chi connectivity index (χ1n) is 10.7. The summed E-state index contributed by atoms with van der Waals surface area (Å²) in [6, 6.07) is 10.6. The number of hydrogen-bond acceptors (Lipinski definition) is 6. The third-order valence-corrected chi connectivity index (χ3v) is 6.15. The number of likely N-dealkylation sites (tertiary alicyclic amines) is 1. The molecule has 3 aromatic rings. The van der Waals surface area contributed by atoms with Crippen molar-refractivity contribution in [2.24, 2.45) is 0 Å². The predicted octanol–water partition coefficient (Wildman–Crippen LogP) is 2.84. The van der Waals surface area contributed by atoms with Gasteiger partial charge in [-0.1, -0.05) is 18.6 Å². The summed E-state index contributed by atoms with van der Waals surface area (Å²) in [6.07, 6.45) is 6.67. The maximum absolute atomic E-state index is 12.4. The van der Waals surface area contributed by atoms with Crippen LogP contribution in [0.2, 0.25) is 0 Å². The Hall–Kier alpha value is -2.67. The van der Waals surface area contributed by atoms with E-state index in [1.807, 2.05) is 24.3 Å². The Kier molecular flexibility index (Phi) is 5.06. The second-order valence-corrected chi connectivity index (χ2v) is 8.08. The minimum atomic E-state index is 0.0313. The van der Waals surface area contributed by atoms with Gasteiger partial charge in [0.05, 0.1) is 12.2 Å². The molecule has 29 heavy (non-hydrogen) atoms. The zero-order chi connectivity index (χ0) is 19.6.